The molecule has 0 spiro atoms. The van der Waals surface area contributed by atoms with Crippen molar-refractivity contribution in [3.63, 3.8) is 0 Å². The minimum atomic E-state index is -1.06. The summed E-state index contributed by atoms with van der Waals surface area (Å²) < 4.78 is 0. The lowest BCUT2D eigenvalue weighted by Gasteiger charge is -2.19. The van der Waals surface area contributed by atoms with Gasteiger partial charge >= 0.3 is 11.9 Å². The average molecular weight is 298 g/mol. The molecule has 10 heteroatoms. The number of hydrogen-bond acceptors (Lipinski definition) is 8. The first-order valence-corrected chi connectivity index (χ1v) is 6.38. The summed E-state index contributed by atoms with van der Waals surface area (Å²) in [5, 5.41) is 22.4. The number of carbonyl (C=O) groups is 2. The number of anilines is 3. The van der Waals surface area contributed by atoms with Crippen LogP contribution in [0.25, 0.3) is 0 Å². The summed E-state index contributed by atoms with van der Waals surface area (Å²) in [5.74, 6) is -1.63. The monoisotopic (exact) mass is 298 g/mol. The van der Waals surface area contributed by atoms with E-state index in [4.69, 9.17) is 10.2 Å². The Morgan fingerprint density at radius 1 is 0.952 bits per heavy atom. The van der Waals surface area contributed by atoms with E-state index < -0.39 is 11.9 Å². The number of nitrogens with one attached hydrogen (secondary N) is 2. The molecule has 0 bridgehead atoms. The zero-order valence-corrected chi connectivity index (χ0v) is 11.8. The van der Waals surface area contributed by atoms with Crippen LogP contribution in [0.3, 0.4) is 0 Å². The summed E-state index contributed by atoms with van der Waals surface area (Å²) in [5.41, 5.74) is 0. The van der Waals surface area contributed by atoms with Crippen LogP contribution in [0.5, 0.6) is 0 Å². The number of carboxylic acids is 2. The second-order valence-corrected chi connectivity index (χ2v) is 3.95. The third-order valence-electron chi connectivity index (χ3n) is 2.47. The molecule has 0 fully saturated rings. The molecule has 1 rings (SSSR count). The van der Waals surface area contributed by atoms with Crippen molar-refractivity contribution in [1.29, 1.82) is 0 Å². The van der Waals surface area contributed by atoms with Gasteiger partial charge in [0.2, 0.25) is 17.8 Å². The van der Waals surface area contributed by atoms with Crippen LogP contribution < -0.4 is 15.5 Å². The highest BCUT2D eigenvalue weighted by Gasteiger charge is 2.12. The Bertz CT molecular complexity index is 469. The molecule has 116 valence electrons. The van der Waals surface area contributed by atoms with Crippen molar-refractivity contribution in [3.05, 3.63) is 0 Å². The van der Waals surface area contributed by atoms with Crippen LogP contribution >= 0.6 is 0 Å². The summed E-state index contributed by atoms with van der Waals surface area (Å²) in [4.78, 5) is 35.1. The number of hydrogen-bond donors (Lipinski definition) is 4. The summed E-state index contributed by atoms with van der Waals surface area (Å²) in [6.07, 6.45) is 0. The van der Waals surface area contributed by atoms with Gasteiger partial charge in [0.05, 0.1) is 0 Å². The molecule has 0 atom stereocenters. The minimum Gasteiger partial charge on any atom is -0.480 e. The fourth-order valence-corrected chi connectivity index (χ4v) is 1.48. The zero-order valence-electron chi connectivity index (χ0n) is 11.8. The SMILES string of the molecule is CCN(CC)c1nc(NCC(=O)O)nc(NCC(=O)O)n1. The first-order chi connectivity index (χ1) is 9.96. The second-order valence-electron chi connectivity index (χ2n) is 3.95. The summed E-state index contributed by atoms with van der Waals surface area (Å²) in [7, 11) is 0. The quantitative estimate of drug-likeness (QED) is 0.480. The fraction of sp³-hybridized carbons (Fsp3) is 0.545. The molecule has 0 aliphatic rings. The molecule has 0 radical (unpaired) electrons. The van der Waals surface area contributed by atoms with Crippen LogP contribution in [0, 0.1) is 0 Å². The van der Waals surface area contributed by atoms with Gasteiger partial charge in [0, 0.05) is 13.1 Å². The Balaban J connectivity index is 3.00. The van der Waals surface area contributed by atoms with Gasteiger partial charge < -0.3 is 25.7 Å². The fourth-order valence-electron chi connectivity index (χ4n) is 1.48. The van der Waals surface area contributed by atoms with Gasteiger partial charge in [-0.3, -0.25) is 9.59 Å². The normalized spacial score (nSPS) is 10.0. The zero-order chi connectivity index (χ0) is 15.8. The maximum absolute atomic E-state index is 10.6. The van der Waals surface area contributed by atoms with E-state index in [1.54, 1.807) is 0 Å². The lowest BCUT2D eigenvalue weighted by Crippen LogP contribution is -2.26. The maximum Gasteiger partial charge on any atom is 0.322 e. The molecule has 21 heavy (non-hydrogen) atoms. The predicted octanol–water partition coefficient (Wildman–Crippen LogP) is -0.289. The number of carboxylic acid groups (broad SMARTS) is 2. The predicted molar refractivity (Wildman–Crippen MR) is 75.6 cm³/mol. The van der Waals surface area contributed by atoms with Crippen LogP contribution in [-0.2, 0) is 9.59 Å². The van der Waals surface area contributed by atoms with Gasteiger partial charge in [0.1, 0.15) is 13.1 Å². The van der Waals surface area contributed by atoms with Crippen LogP contribution in [0.2, 0.25) is 0 Å². The molecule has 1 aromatic rings. The molecule has 0 saturated heterocycles. The van der Waals surface area contributed by atoms with Crippen molar-refractivity contribution in [1.82, 2.24) is 15.0 Å². The molecule has 0 amide bonds. The van der Waals surface area contributed by atoms with Gasteiger partial charge in [-0.05, 0) is 13.8 Å². The van der Waals surface area contributed by atoms with Gasteiger partial charge in [0.25, 0.3) is 0 Å². The first-order valence-electron chi connectivity index (χ1n) is 6.38. The van der Waals surface area contributed by atoms with E-state index in [0.717, 1.165) is 0 Å². The molecule has 0 aliphatic heterocycles. The molecule has 1 heterocycles. The molecular weight excluding hydrogens is 280 g/mol. The maximum atomic E-state index is 10.6. The van der Waals surface area contributed by atoms with E-state index in [1.807, 2.05) is 18.7 Å². The van der Waals surface area contributed by atoms with E-state index >= 15 is 0 Å². The highest BCUT2D eigenvalue weighted by Crippen LogP contribution is 2.13. The Morgan fingerprint density at radius 3 is 1.71 bits per heavy atom. The van der Waals surface area contributed by atoms with Gasteiger partial charge in [-0.2, -0.15) is 15.0 Å². The number of rotatable bonds is 9. The summed E-state index contributed by atoms with van der Waals surface area (Å²) >= 11 is 0. The lowest BCUT2D eigenvalue weighted by molar-refractivity contribution is -0.135. The van der Waals surface area contributed by atoms with Crippen molar-refractivity contribution in [2.24, 2.45) is 0 Å². The Hall–Kier alpha value is -2.65. The van der Waals surface area contributed by atoms with Gasteiger partial charge in [0.15, 0.2) is 0 Å². The Labute approximate surface area is 121 Å². The Kier molecular flexibility index (Phi) is 6.11. The topological polar surface area (TPSA) is 141 Å². The van der Waals surface area contributed by atoms with E-state index in [9.17, 15) is 9.59 Å². The second kappa shape index (κ2) is 7.82. The Morgan fingerprint density at radius 2 is 1.38 bits per heavy atom. The third-order valence-corrected chi connectivity index (χ3v) is 2.47. The van der Waals surface area contributed by atoms with Crippen LogP contribution in [0.1, 0.15) is 13.8 Å². The molecule has 0 aromatic carbocycles. The molecular formula is C11H18N6O4. The molecule has 0 unspecified atom stereocenters. The molecule has 10 nitrogen and oxygen atoms in total. The molecule has 0 aliphatic carbocycles. The third kappa shape index (κ3) is 5.47. The number of nitrogens with zero attached hydrogens (tertiary/aromatic N) is 4. The molecule has 0 saturated carbocycles. The van der Waals surface area contributed by atoms with Crippen LogP contribution in [0.15, 0.2) is 0 Å². The number of aromatic nitrogens is 3. The molecule has 4 N–H and O–H groups in total. The van der Waals surface area contributed by atoms with Gasteiger partial charge in [-0.25, -0.2) is 0 Å². The standard InChI is InChI=1S/C11H18N6O4/c1-3-17(4-2)11-15-9(12-5-7(18)19)14-10(16-11)13-6-8(20)21/h3-6H2,1-2H3,(H,18,19)(H,20,21)(H2,12,13,14,15,16). The van der Waals surface area contributed by atoms with E-state index in [2.05, 4.69) is 25.6 Å². The van der Waals surface area contributed by atoms with Crippen LogP contribution in [0.4, 0.5) is 17.8 Å². The first kappa shape index (κ1) is 16.4. The van der Waals surface area contributed by atoms with E-state index in [0.29, 0.717) is 19.0 Å². The molecule has 1 aromatic heterocycles. The average Bonchev–Trinajstić information content (AvgIpc) is 2.44. The lowest BCUT2D eigenvalue weighted by atomic mass is 10.5. The minimum absolute atomic E-state index is 0.0715. The van der Waals surface area contributed by atoms with Gasteiger partial charge in [-0.1, -0.05) is 0 Å². The largest absolute Gasteiger partial charge is 0.480 e. The smallest absolute Gasteiger partial charge is 0.322 e. The van der Waals surface area contributed by atoms with Crippen LogP contribution in [-0.4, -0.2) is 63.3 Å². The van der Waals surface area contributed by atoms with E-state index in [-0.39, 0.29) is 25.0 Å². The van der Waals surface area contributed by atoms with E-state index in [1.165, 1.54) is 0 Å². The number of aliphatic carboxylic acids is 2. The van der Waals surface area contributed by atoms with Crippen molar-refractivity contribution >= 4 is 29.8 Å². The van der Waals surface area contributed by atoms with Crippen molar-refractivity contribution in [2.45, 2.75) is 13.8 Å². The van der Waals surface area contributed by atoms with Crippen molar-refractivity contribution < 1.29 is 19.8 Å². The highest BCUT2D eigenvalue weighted by atomic mass is 16.4. The van der Waals surface area contributed by atoms with Crippen molar-refractivity contribution in [3.8, 4) is 0 Å². The highest BCUT2D eigenvalue weighted by molar-refractivity contribution is 5.73. The van der Waals surface area contributed by atoms with Gasteiger partial charge in [-0.15, -0.1) is 0 Å². The summed E-state index contributed by atoms with van der Waals surface area (Å²) in [6.45, 7) is 4.44. The van der Waals surface area contributed by atoms with Crippen molar-refractivity contribution in [2.75, 3.05) is 41.7 Å². The summed E-state index contributed by atoms with van der Waals surface area (Å²) in [6, 6.07) is 0.